The van der Waals surface area contributed by atoms with Crippen LogP contribution < -0.4 is 15.8 Å². The van der Waals surface area contributed by atoms with Gasteiger partial charge in [-0.2, -0.15) is 0 Å². The maximum Gasteiger partial charge on any atom is 0.412 e. The minimum Gasteiger partial charge on any atom is -0.484 e. The quantitative estimate of drug-likeness (QED) is 0.407. The largest absolute Gasteiger partial charge is 0.484 e. The van der Waals surface area contributed by atoms with Crippen LogP contribution in [-0.4, -0.2) is 34.8 Å². The van der Waals surface area contributed by atoms with Crippen LogP contribution in [0.5, 0.6) is 5.75 Å². The molecule has 8 nitrogen and oxygen atoms in total. The molecule has 0 aliphatic heterocycles. The molecule has 0 heterocycles. The number of amides is 2. The average molecular weight is 431 g/mol. The maximum absolute atomic E-state index is 12.1. The summed E-state index contributed by atoms with van der Waals surface area (Å²) in [4.78, 5) is 33.8. The Balaban J connectivity index is 2.85. The molecular formula is C23H30N2O6. The second-order valence-corrected chi connectivity index (χ2v) is 7.79. The number of rotatable bonds is 9. The summed E-state index contributed by atoms with van der Waals surface area (Å²) in [6.45, 7) is 6.95. The van der Waals surface area contributed by atoms with Gasteiger partial charge in [0.1, 0.15) is 17.5 Å². The molecule has 0 aromatic heterocycles. The number of aliphatic carboxylic acids is 1. The fourth-order valence-electron chi connectivity index (χ4n) is 2.36. The summed E-state index contributed by atoms with van der Waals surface area (Å²) >= 11 is 0. The minimum absolute atomic E-state index is 0.0688. The summed E-state index contributed by atoms with van der Waals surface area (Å²) in [7, 11) is 0. The smallest absolute Gasteiger partial charge is 0.412 e. The number of benzene rings is 1. The Labute approximate surface area is 182 Å². The van der Waals surface area contributed by atoms with Gasteiger partial charge in [0, 0.05) is 24.8 Å². The summed E-state index contributed by atoms with van der Waals surface area (Å²) in [5.74, 6) is 5.03. The van der Waals surface area contributed by atoms with E-state index >= 15 is 0 Å². The number of carboxylic acids is 1. The third-order valence-corrected chi connectivity index (χ3v) is 3.68. The molecule has 1 aromatic carbocycles. The minimum atomic E-state index is -0.841. The van der Waals surface area contributed by atoms with E-state index in [1.807, 2.05) is 6.07 Å². The molecule has 0 fully saturated rings. The molecule has 0 radical (unpaired) electrons. The monoisotopic (exact) mass is 430 g/mol. The fraction of sp³-hybridized carbons (Fsp3) is 0.435. The predicted octanol–water partition coefficient (Wildman–Crippen LogP) is 3.34. The lowest BCUT2D eigenvalue weighted by atomic mass is 10.2. The van der Waals surface area contributed by atoms with Crippen LogP contribution in [-0.2, 0) is 14.3 Å². The van der Waals surface area contributed by atoms with Crippen LogP contribution in [0.3, 0.4) is 0 Å². The molecule has 31 heavy (non-hydrogen) atoms. The molecule has 1 atom stereocenters. The number of nitrogens with two attached hydrogens (primary N) is 1. The van der Waals surface area contributed by atoms with Crippen molar-refractivity contribution in [2.45, 2.75) is 65.1 Å². The molecule has 4 N–H and O–H groups in total. The lowest BCUT2D eigenvalue weighted by Crippen LogP contribution is -2.36. The standard InChI is InChI=1S/C23H30N2O6/c1-16(19(13-14-20(24)26)25-22(29)31-23(2,3)4)30-18-11-8-10-17(15-18)9-6-5-7-12-21(27)28/h8,10-11,13,15-16H,5,7,12,14H2,1-4H3,(H2,24,26)(H,25,29)(H,27,28)/b19-13-/t16-/m1/s1. The first-order valence-corrected chi connectivity index (χ1v) is 9.92. The molecule has 0 saturated carbocycles. The highest BCUT2D eigenvalue weighted by Gasteiger charge is 2.20. The Bertz CT molecular complexity index is 874. The van der Waals surface area contributed by atoms with Crippen LogP contribution in [0.4, 0.5) is 4.79 Å². The van der Waals surface area contributed by atoms with Crippen molar-refractivity contribution in [2.75, 3.05) is 0 Å². The van der Waals surface area contributed by atoms with E-state index in [1.165, 1.54) is 6.08 Å². The second kappa shape index (κ2) is 12.3. The Morgan fingerprint density at radius 1 is 1.29 bits per heavy atom. The fourth-order valence-corrected chi connectivity index (χ4v) is 2.36. The first kappa shape index (κ1) is 25.6. The number of carbonyl (C=O) groups excluding carboxylic acids is 2. The van der Waals surface area contributed by atoms with Gasteiger partial charge in [0.2, 0.25) is 5.91 Å². The van der Waals surface area contributed by atoms with E-state index in [4.69, 9.17) is 20.3 Å². The number of carbonyl (C=O) groups is 3. The molecule has 0 bridgehead atoms. The molecule has 2 amide bonds. The van der Waals surface area contributed by atoms with E-state index in [0.717, 1.165) is 0 Å². The van der Waals surface area contributed by atoms with Crippen molar-refractivity contribution in [1.29, 1.82) is 0 Å². The molecule has 0 spiro atoms. The molecule has 1 rings (SSSR count). The highest BCUT2D eigenvalue weighted by atomic mass is 16.6. The summed E-state index contributed by atoms with van der Waals surface area (Å²) in [6.07, 6.45) is 1.20. The van der Waals surface area contributed by atoms with Crippen LogP contribution >= 0.6 is 0 Å². The summed E-state index contributed by atoms with van der Waals surface area (Å²) in [6, 6.07) is 7.06. The summed E-state index contributed by atoms with van der Waals surface area (Å²) in [5.41, 5.74) is 5.59. The summed E-state index contributed by atoms with van der Waals surface area (Å²) in [5, 5.41) is 11.3. The highest BCUT2D eigenvalue weighted by Crippen LogP contribution is 2.17. The van der Waals surface area contributed by atoms with Gasteiger partial charge in [0.15, 0.2) is 0 Å². The third-order valence-electron chi connectivity index (χ3n) is 3.68. The van der Waals surface area contributed by atoms with Crippen molar-refractivity contribution >= 4 is 18.0 Å². The number of unbranched alkanes of at least 4 members (excludes halogenated alkanes) is 1. The van der Waals surface area contributed by atoms with Crippen LogP contribution in [0.25, 0.3) is 0 Å². The van der Waals surface area contributed by atoms with Gasteiger partial charge >= 0.3 is 12.1 Å². The summed E-state index contributed by atoms with van der Waals surface area (Å²) < 4.78 is 11.2. The van der Waals surface area contributed by atoms with Crippen molar-refractivity contribution in [1.82, 2.24) is 5.32 Å². The van der Waals surface area contributed by atoms with E-state index in [0.29, 0.717) is 29.9 Å². The Morgan fingerprint density at radius 3 is 2.61 bits per heavy atom. The molecule has 0 aliphatic rings. The zero-order valence-corrected chi connectivity index (χ0v) is 18.4. The van der Waals surface area contributed by atoms with E-state index in [-0.39, 0.29) is 12.8 Å². The molecule has 0 unspecified atom stereocenters. The number of ether oxygens (including phenoxy) is 2. The zero-order chi connectivity index (χ0) is 23.4. The van der Waals surface area contributed by atoms with Crippen molar-refractivity contribution in [3.63, 3.8) is 0 Å². The van der Waals surface area contributed by atoms with E-state index in [1.54, 1.807) is 45.9 Å². The average Bonchev–Trinajstić information content (AvgIpc) is 2.63. The molecule has 0 saturated heterocycles. The Hall–Kier alpha value is -3.47. The lowest BCUT2D eigenvalue weighted by molar-refractivity contribution is -0.137. The molecule has 168 valence electrons. The molecular weight excluding hydrogens is 400 g/mol. The third kappa shape index (κ3) is 12.0. The van der Waals surface area contributed by atoms with Crippen molar-refractivity contribution in [3.05, 3.63) is 41.6 Å². The number of hydrogen-bond acceptors (Lipinski definition) is 5. The van der Waals surface area contributed by atoms with Gasteiger partial charge in [-0.05, 0) is 52.3 Å². The molecule has 8 heteroatoms. The van der Waals surface area contributed by atoms with E-state index in [9.17, 15) is 14.4 Å². The highest BCUT2D eigenvalue weighted by molar-refractivity contribution is 5.76. The van der Waals surface area contributed by atoms with Gasteiger partial charge < -0.3 is 20.3 Å². The van der Waals surface area contributed by atoms with Gasteiger partial charge in [-0.25, -0.2) is 4.79 Å². The normalized spacial score (nSPS) is 12.2. The first-order chi connectivity index (χ1) is 14.5. The Kier molecular flexibility index (Phi) is 10.1. The van der Waals surface area contributed by atoms with Gasteiger partial charge in [-0.15, -0.1) is 0 Å². The zero-order valence-electron chi connectivity index (χ0n) is 18.4. The first-order valence-electron chi connectivity index (χ1n) is 9.92. The van der Waals surface area contributed by atoms with Crippen LogP contribution in [0.1, 0.15) is 58.9 Å². The van der Waals surface area contributed by atoms with Crippen molar-refractivity contribution < 1.29 is 29.0 Å². The number of alkyl carbamates (subject to hydrolysis) is 1. The van der Waals surface area contributed by atoms with Gasteiger partial charge in [-0.1, -0.05) is 24.0 Å². The molecule has 1 aromatic rings. The van der Waals surface area contributed by atoms with Crippen molar-refractivity contribution in [3.8, 4) is 17.6 Å². The predicted molar refractivity (Wildman–Crippen MR) is 116 cm³/mol. The van der Waals surface area contributed by atoms with E-state index in [2.05, 4.69) is 17.2 Å². The van der Waals surface area contributed by atoms with Gasteiger partial charge in [-0.3, -0.25) is 14.9 Å². The number of carboxylic acid groups (broad SMARTS) is 1. The lowest BCUT2D eigenvalue weighted by Gasteiger charge is -2.23. The Morgan fingerprint density at radius 2 is 2.00 bits per heavy atom. The number of hydrogen-bond donors (Lipinski definition) is 3. The molecule has 0 aliphatic carbocycles. The number of nitrogens with one attached hydrogen (secondary N) is 1. The van der Waals surface area contributed by atoms with Gasteiger partial charge in [0.05, 0.1) is 5.70 Å². The maximum atomic E-state index is 12.1. The van der Waals surface area contributed by atoms with Crippen molar-refractivity contribution in [2.24, 2.45) is 5.73 Å². The second-order valence-electron chi connectivity index (χ2n) is 7.79. The van der Waals surface area contributed by atoms with Gasteiger partial charge in [0.25, 0.3) is 0 Å². The topological polar surface area (TPSA) is 128 Å². The van der Waals surface area contributed by atoms with E-state index < -0.39 is 29.7 Å². The van der Waals surface area contributed by atoms with Crippen LogP contribution in [0.2, 0.25) is 0 Å². The van der Waals surface area contributed by atoms with Crippen LogP contribution in [0.15, 0.2) is 36.0 Å². The van der Waals surface area contributed by atoms with Crippen LogP contribution in [0, 0.1) is 11.8 Å². The number of primary amides is 1. The SMILES string of the molecule is C[C@@H](Oc1cccc(C#CCCCC(=O)O)c1)/C(=C/CC(N)=O)NC(=O)OC(C)(C)C.